The summed E-state index contributed by atoms with van der Waals surface area (Å²) in [6.45, 7) is 2.14. The Balaban J connectivity index is 1.43. The Labute approximate surface area is 154 Å². The largest absolute Gasteiger partial charge is 0.326 e. The first kappa shape index (κ1) is 16.8. The lowest BCUT2D eigenvalue weighted by molar-refractivity contribution is -0.115. The van der Waals surface area contributed by atoms with Crippen LogP contribution in [-0.4, -0.2) is 11.4 Å². The highest BCUT2D eigenvalue weighted by Crippen LogP contribution is 2.51. The number of fused-ring (bicyclic) bond motifs is 1. The van der Waals surface area contributed by atoms with Crippen LogP contribution >= 0.6 is 0 Å². The molecule has 0 unspecified atom stereocenters. The van der Waals surface area contributed by atoms with Crippen LogP contribution in [0.2, 0.25) is 0 Å². The highest BCUT2D eigenvalue weighted by Gasteiger charge is 2.49. The molecule has 0 aromatic heterocycles. The SMILES string of the molecule is CC[C@@]1(N)C[C@H]1c1ccc(NC(=O)Cc2cccc3ccccc23)cc1. The fourth-order valence-corrected chi connectivity index (χ4v) is 3.79. The van der Waals surface area contributed by atoms with Crippen LogP contribution in [0.4, 0.5) is 5.69 Å². The molecule has 0 spiro atoms. The van der Waals surface area contributed by atoms with E-state index < -0.39 is 0 Å². The van der Waals surface area contributed by atoms with Crippen LogP contribution in [0, 0.1) is 0 Å². The third-order valence-corrected chi connectivity index (χ3v) is 5.60. The number of nitrogens with one attached hydrogen (secondary N) is 1. The van der Waals surface area contributed by atoms with Gasteiger partial charge in [0.25, 0.3) is 0 Å². The summed E-state index contributed by atoms with van der Waals surface area (Å²) in [5.74, 6) is 0.454. The van der Waals surface area contributed by atoms with Crippen LogP contribution < -0.4 is 11.1 Å². The molecule has 3 aromatic rings. The first-order valence-electron chi connectivity index (χ1n) is 9.24. The minimum Gasteiger partial charge on any atom is -0.326 e. The molecule has 26 heavy (non-hydrogen) atoms. The second-order valence-electron chi connectivity index (χ2n) is 7.33. The molecular weight excluding hydrogens is 320 g/mol. The van der Waals surface area contributed by atoms with E-state index in [9.17, 15) is 4.79 Å². The number of carbonyl (C=O) groups excluding carboxylic acids is 1. The first-order chi connectivity index (χ1) is 12.6. The highest BCUT2D eigenvalue weighted by atomic mass is 16.1. The Morgan fingerprint density at radius 1 is 1.08 bits per heavy atom. The lowest BCUT2D eigenvalue weighted by atomic mass is 10.0. The molecule has 0 radical (unpaired) electrons. The predicted molar refractivity (Wildman–Crippen MR) is 107 cm³/mol. The molecular formula is C23H24N2O. The maximum Gasteiger partial charge on any atom is 0.228 e. The van der Waals surface area contributed by atoms with Gasteiger partial charge in [-0.3, -0.25) is 4.79 Å². The van der Waals surface area contributed by atoms with E-state index in [0.717, 1.165) is 34.9 Å². The van der Waals surface area contributed by atoms with E-state index in [1.54, 1.807) is 0 Å². The third kappa shape index (κ3) is 3.23. The zero-order valence-electron chi connectivity index (χ0n) is 15.0. The van der Waals surface area contributed by atoms with E-state index >= 15 is 0 Å². The van der Waals surface area contributed by atoms with E-state index in [-0.39, 0.29) is 11.4 Å². The van der Waals surface area contributed by atoms with Crippen molar-refractivity contribution in [2.75, 3.05) is 5.32 Å². The molecule has 3 N–H and O–H groups in total. The molecule has 3 aromatic carbocycles. The summed E-state index contributed by atoms with van der Waals surface area (Å²) < 4.78 is 0. The molecule has 0 saturated heterocycles. The van der Waals surface area contributed by atoms with Crippen molar-refractivity contribution in [3.8, 4) is 0 Å². The molecule has 0 aliphatic heterocycles. The maximum atomic E-state index is 12.5. The van der Waals surface area contributed by atoms with Gasteiger partial charge >= 0.3 is 0 Å². The van der Waals surface area contributed by atoms with E-state index in [2.05, 4.69) is 42.6 Å². The lowest BCUT2D eigenvalue weighted by Gasteiger charge is -2.10. The third-order valence-electron chi connectivity index (χ3n) is 5.60. The average molecular weight is 344 g/mol. The normalized spacial score (nSPS) is 21.5. The summed E-state index contributed by atoms with van der Waals surface area (Å²) >= 11 is 0. The molecule has 132 valence electrons. The lowest BCUT2D eigenvalue weighted by Crippen LogP contribution is -2.22. The zero-order chi connectivity index (χ0) is 18.1. The van der Waals surface area contributed by atoms with Gasteiger partial charge in [0.15, 0.2) is 0 Å². The van der Waals surface area contributed by atoms with Crippen molar-refractivity contribution >= 4 is 22.4 Å². The second-order valence-corrected chi connectivity index (χ2v) is 7.33. The summed E-state index contributed by atoms with van der Waals surface area (Å²) in [5.41, 5.74) is 9.42. The van der Waals surface area contributed by atoms with Crippen molar-refractivity contribution in [2.45, 2.75) is 37.6 Å². The van der Waals surface area contributed by atoms with Gasteiger partial charge in [0.1, 0.15) is 0 Å². The standard InChI is InChI=1S/C23H24N2O/c1-2-23(24)15-21(23)17-10-12-19(13-11-17)25-22(26)14-18-8-5-7-16-6-3-4-9-20(16)18/h3-13,21H,2,14-15,24H2,1H3,(H,25,26)/t21-,23+/m0/s1. The van der Waals surface area contributed by atoms with Crippen molar-refractivity contribution in [3.05, 3.63) is 77.9 Å². The molecule has 3 nitrogen and oxygen atoms in total. The number of benzene rings is 3. The Bertz CT molecular complexity index is 943. The summed E-state index contributed by atoms with van der Waals surface area (Å²) in [7, 11) is 0. The summed E-state index contributed by atoms with van der Waals surface area (Å²) in [6.07, 6.45) is 2.42. The minimum atomic E-state index is -0.0286. The van der Waals surface area contributed by atoms with E-state index in [4.69, 9.17) is 5.73 Å². The van der Waals surface area contributed by atoms with Gasteiger partial charge in [0, 0.05) is 17.1 Å². The number of hydrogen-bond acceptors (Lipinski definition) is 2. The molecule has 3 heteroatoms. The van der Waals surface area contributed by atoms with Crippen molar-refractivity contribution in [2.24, 2.45) is 5.73 Å². The van der Waals surface area contributed by atoms with Crippen LogP contribution in [0.15, 0.2) is 66.7 Å². The fraction of sp³-hybridized carbons (Fsp3) is 0.261. The topological polar surface area (TPSA) is 55.1 Å². The Hall–Kier alpha value is -2.65. The van der Waals surface area contributed by atoms with Crippen LogP contribution in [0.3, 0.4) is 0 Å². The monoisotopic (exact) mass is 344 g/mol. The molecule has 1 fully saturated rings. The molecule has 1 amide bonds. The number of amides is 1. The van der Waals surface area contributed by atoms with E-state index in [1.165, 1.54) is 5.56 Å². The van der Waals surface area contributed by atoms with Crippen molar-refractivity contribution in [1.29, 1.82) is 0 Å². The number of rotatable bonds is 5. The quantitative estimate of drug-likeness (QED) is 0.710. The number of nitrogens with two attached hydrogens (primary N) is 1. The number of anilines is 1. The van der Waals surface area contributed by atoms with Crippen LogP contribution in [0.5, 0.6) is 0 Å². The van der Waals surface area contributed by atoms with Crippen molar-refractivity contribution < 1.29 is 4.79 Å². The van der Waals surface area contributed by atoms with Crippen LogP contribution in [0.1, 0.15) is 36.8 Å². The van der Waals surface area contributed by atoms with E-state index in [0.29, 0.717) is 12.3 Å². The number of carbonyl (C=O) groups is 1. The van der Waals surface area contributed by atoms with Gasteiger partial charge in [-0.25, -0.2) is 0 Å². The molecule has 0 heterocycles. The average Bonchev–Trinajstić information content (AvgIpc) is 3.35. The molecule has 4 rings (SSSR count). The molecule has 2 atom stereocenters. The van der Waals surface area contributed by atoms with Gasteiger partial charge < -0.3 is 11.1 Å². The summed E-state index contributed by atoms with van der Waals surface area (Å²) in [6, 6.07) is 22.4. The van der Waals surface area contributed by atoms with Gasteiger partial charge in [-0.15, -0.1) is 0 Å². The summed E-state index contributed by atoms with van der Waals surface area (Å²) in [5, 5.41) is 5.30. The Morgan fingerprint density at radius 2 is 1.81 bits per heavy atom. The van der Waals surface area contributed by atoms with Gasteiger partial charge in [0.05, 0.1) is 6.42 Å². The maximum absolute atomic E-state index is 12.5. The smallest absolute Gasteiger partial charge is 0.228 e. The Morgan fingerprint density at radius 3 is 2.54 bits per heavy atom. The van der Waals surface area contributed by atoms with Gasteiger partial charge in [0.2, 0.25) is 5.91 Å². The fourth-order valence-electron chi connectivity index (χ4n) is 3.79. The molecule has 1 aliphatic rings. The van der Waals surface area contributed by atoms with Gasteiger partial charge in [-0.1, -0.05) is 61.5 Å². The van der Waals surface area contributed by atoms with Gasteiger partial charge in [-0.05, 0) is 46.9 Å². The molecule has 1 aliphatic carbocycles. The number of hydrogen-bond donors (Lipinski definition) is 2. The zero-order valence-corrected chi connectivity index (χ0v) is 15.0. The summed E-state index contributed by atoms with van der Waals surface area (Å²) in [4.78, 5) is 12.5. The minimum absolute atomic E-state index is 0.00209. The van der Waals surface area contributed by atoms with E-state index in [1.807, 2.05) is 36.4 Å². The highest BCUT2D eigenvalue weighted by molar-refractivity contribution is 5.96. The second kappa shape index (κ2) is 6.58. The predicted octanol–water partition coefficient (Wildman–Crippen LogP) is 4.62. The van der Waals surface area contributed by atoms with Gasteiger partial charge in [-0.2, -0.15) is 0 Å². The van der Waals surface area contributed by atoms with Crippen molar-refractivity contribution in [1.82, 2.24) is 0 Å². The molecule has 0 bridgehead atoms. The van der Waals surface area contributed by atoms with Crippen molar-refractivity contribution in [3.63, 3.8) is 0 Å². The molecule has 1 saturated carbocycles. The first-order valence-corrected chi connectivity index (χ1v) is 9.24. The van der Waals surface area contributed by atoms with Crippen LogP contribution in [0.25, 0.3) is 10.8 Å². The van der Waals surface area contributed by atoms with Crippen LogP contribution in [-0.2, 0) is 11.2 Å². The Kier molecular flexibility index (Phi) is 4.25.